The van der Waals surface area contributed by atoms with Crippen LogP contribution < -0.4 is 11.1 Å². The van der Waals surface area contributed by atoms with Crippen molar-refractivity contribution in [2.24, 2.45) is 0 Å². The van der Waals surface area contributed by atoms with Gasteiger partial charge in [0.2, 0.25) is 5.91 Å². The molecule has 0 unspecified atom stereocenters. The van der Waals surface area contributed by atoms with Crippen molar-refractivity contribution in [1.29, 1.82) is 0 Å². The fraction of sp³-hybridized carbons (Fsp3) is 0.467. The Morgan fingerprint density at radius 1 is 1.29 bits per heavy atom. The second kappa shape index (κ2) is 8.52. The first-order chi connectivity index (χ1) is 10.0. The van der Waals surface area contributed by atoms with Crippen LogP contribution in [0.15, 0.2) is 18.2 Å². The summed E-state index contributed by atoms with van der Waals surface area (Å²) in [6, 6.07) is 4.93. The van der Waals surface area contributed by atoms with Gasteiger partial charge in [0.25, 0.3) is 5.91 Å². The van der Waals surface area contributed by atoms with E-state index in [0.717, 1.165) is 12.8 Å². The number of rotatable bonds is 7. The molecule has 116 valence electrons. The average Bonchev–Trinajstić information content (AvgIpc) is 2.47. The third kappa shape index (κ3) is 4.93. The van der Waals surface area contributed by atoms with Crippen LogP contribution in [0.1, 0.15) is 37.0 Å². The lowest BCUT2D eigenvalue weighted by Crippen LogP contribution is -2.41. The Bertz CT molecular complexity index is 506. The number of nitrogens with zero attached hydrogens (tertiary/aromatic N) is 1. The van der Waals surface area contributed by atoms with E-state index in [1.807, 2.05) is 13.8 Å². The molecule has 21 heavy (non-hydrogen) atoms. The molecular formula is C15H22ClN3O2. The van der Waals surface area contributed by atoms with Gasteiger partial charge in [0.15, 0.2) is 0 Å². The highest BCUT2D eigenvalue weighted by molar-refractivity contribution is 6.36. The standard InChI is InChI=1S/C15H22ClN3O2/c1-3-8-18-13(20)10-19(9-4-2)15(21)11-6-5-7-12(17)14(11)16/h5-7H,3-4,8-10,17H2,1-2H3,(H,18,20). The lowest BCUT2D eigenvalue weighted by Gasteiger charge is -2.22. The molecule has 1 aromatic rings. The highest BCUT2D eigenvalue weighted by Gasteiger charge is 2.20. The average molecular weight is 312 g/mol. The number of nitrogen functional groups attached to an aromatic ring is 1. The summed E-state index contributed by atoms with van der Waals surface area (Å²) in [7, 11) is 0. The molecule has 0 aromatic heterocycles. The number of nitrogens with two attached hydrogens (primary N) is 1. The summed E-state index contributed by atoms with van der Waals surface area (Å²) in [4.78, 5) is 25.8. The molecule has 0 fully saturated rings. The van der Waals surface area contributed by atoms with Crippen molar-refractivity contribution >= 4 is 29.1 Å². The Hall–Kier alpha value is -1.75. The van der Waals surface area contributed by atoms with Gasteiger partial charge in [0.05, 0.1) is 22.8 Å². The van der Waals surface area contributed by atoms with E-state index in [2.05, 4.69) is 5.32 Å². The van der Waals surface area contributed by atoms with Crippen molar-refractivity contribution in [3.8, 4) is 0 Å². The van der Waals surface area contributed by atoms with E-state index in [1.165, 1.54) is 4.90 Å². The molecule has 0 aliphatic heterocycles. The predicted octanol–water partition coefficient (Wildman–Crippen LogP) is 2.30. The first kappa shape index (κ1) is 17.3. The van der Waals surface area contributed by atoms with Crippen LogP contribution in [0.3, 0.4) is 0 Å². The monoisotopic (exact) mass is 311 g/mol. The fourth-order valence-corrected chi connectivity index (χ4v) is 2.11. The Morgan fingerprint density at radius 3 is 2.62 bits per heavy atom. The van der Waals surface area contributed by atoms with Crippen LogP contribution in [0.25, 0.3) is 0 Å². The normalized spacial score (nSPS) is 10.2. The Morgan fingerprint density at radius 2 is 2.00 bits per heavy atom. The first-order valence-electron chi connectivity index (χ1n) is 7.11. The van der Waals surface area contributed by atoms with Crippen molar-refractivity contribution in [3.63, 3.8) is 0 Å². The molecule has 2 amide bonds. The molecule has 0 saturated carbocycles. The van der Waals surface area contributed by atoms with E-state index in [1.54, 1.807) is 18.2 Å². The zero-order chi connectivity index (χ0) is 15.8. The van der Waals surface area contributed by atoms with Gasteiger partial charge < -0.3 is 16.0 Å². The summed E-state index contributed by atoms with van der Waals surface area (Å²) in [5.74, 6) is -0.445. The molecule has 0 aliphatic rings. The summed E-state index contributed by atoms with van der Waals surface area (Å²) in [5.41, 5.74) is 6.40. The van der Waals surface area contributed by atoms with Crippen LogP contribution in [-0.4, -0.2) is 36.3 Å². The van der Waals surface area contributed by atoms with Crippen LogP contribution in [-0.2, 0) is 4.79 Å². The Kier molecular flexibility index (Phi) is 7.02. The summed E-state index contributed by atoms with van der Waals surface area (Å²) in [6.07, 6.45) is 1.61. The van der Waals surface area contributed by atoms with E-state index in [-0.39, 0.29) is 23.4 Å². The largest absolute Gasteiger partial charge is 0.398 e. The number of hydrogen-bond donors (Lipinski definition) is 2. The SMILES string of the molecule is CCCNC(=O)CN(CCC)C(=O)c1cccc(N)c1Cl. The van der Waals surface area contributed by atoms with Crippen molar-refractivity contribution in [3.05, 3.63) is 28.8 Å². The van der Waals surface area contributed by atoms with Gasteiger partial charge in [-0.25, -0.2) is 0 Å². The van der Waals surface area contributed by atoms with Crippen molar-refractivity contribution < 1.29 is 9.59 Å². The number of carbonyl (C=O) groups excluding carboxylic acids is 2. The van der Waals surface area contributed by atoms with Crippen molar-refractivity contribution in [2.75, 3.05) is 25.4 Å². The minimum absolute atomic E-state index is 0.0256. The van der Waals surface area contributed by atoms with E-state index in [4.69, 9.17) is 17.3 Å². The van der Waals surface area contributed by atoms with Crippen molar-refractivity contribution in [1.82, 2.24) is 10.2 Å². The Balaban J connectivity index is 2.86. The van der Waals surface area contributed by atoms with Crippen LogP contribution in [0.5, 0.6) is 0 Å². The molecule has 0 atom stereocenters. The molecule has 6 heteroatoms. The maximum Gasteiger partial charge on any atom is 0.255 e. The second-order valence-corrected chi connectivity index (χ2v) is 5.16. The number of nitrogens with one attached hydrogen (secondary N) is 1. The highest BCUT2D eigenvalue weighted by Crippen LogP contribution is 2.24. The van der Waals surface area contributed by atoms with Crippen LogP contribution in [0, 0.1) is 0 Å². The topological polar surface area (TPSA) is 75.4 Å². The van der Waals surface area contributed by atoms with Gasteiger partial charge in [-0.1, -0.05) is 31.5 Å². The second-order valence-electron chi connectivity index (χ2n) is 4.79. The fourth-order valence-electron chi connectivity index (χ4n) is 1.90. The number of halogens is 1. The molecule has 3 N–H and O–H groups in total. The van der Waals surface area contributed by atoms with Crippen LogP contribution >= 0.6 is 11.6 Å². The van der Waals surface area contributed by atoms with Gasteiger partial charge in [-0.3, -0.25) is 9.59 Å². The third-order valence-electron chi connectivity index (χ3n) is 2.95. The summed E-state index contributed by atoms with van der Waals surface area (Å²) in [6.45, 7) is 5.04. The first-order valence-corrected chi connectivity index (χ1v) is 7.49. The van der Waals surface area contributed by atoms with Gasteiger partial charge >= 0.3 is 0 Å². The summed E-state index contributed by atoms with van der Waals surface area (Å²) < 4.78 is 0. The van der Waals surface area contributed by atoms with E-state index in [0.29, 0.717) is 24.3 Å². The maximum absolute atomic E-state index is 12.5. The molecule has 1 aromatic carbocycles. The van der Waals surface area contributed by atoms with E-state index in [9.17, 15) is 9.59 Å². The number of carbonyl (C=O) groups is 2. The minimum atomic E-state index is -0.277. The minimum Gasteiger partial charge on any atom is -0.398 e. The number of anilines is 1. The molecule has 0 aliphatic carbocycles. The molecule has 0 bridgehead atoms. The zero-order valence-corrected chi connectivity index (χ0v) is 13.2. The van der Waals surface area contributed by atoms with Gasteiger partial charge in [-0.05, 0) is 25.0 Å². The van der Waals surface area contributed by atoms with Gasteiger partial charge in [0.1, 0.15) is 0 Å². The zero-order valence-electron chi connectivity index (χ0n) is 12.5. The molecule has 0 radical (unpaired) electrons. The van der Waals surface area contributed by atoms with Crippen molar-refractivity contribution in [2.45, 2.75) is 26.7 Å². The molecule has 5 nitrogen and oxygen atoms in total. The molecule has 0 heterocycles. The van der Waals surface area contributed by atoms with Gasteiger partial charge in [0, 0.05) is 13.1 Å². The Labute approximate surface area is 130 Å². The predicted molar refractivity (Wildman–Crippen MR) is 85.4 cm³/mol. The molecule has 1 rings (SSSR count). The van der Waals surface area contributed by atoms with Crippen LogP contribution in [0.4, 0.5) is 5.69 Å². The van der Waals surface area contributed by atoms with E-state index < -0.39 is 0 Å². The number of hydrogen-bond acceptors (Lipinski definition) is 3. The lowest BCUT2D eigenvalue weighted by molar-refractivity contribution is -0.121. The smallest absolute Gasteiger partial charge is 0.255 e. The van der Waals surface area contributed by atoms with Gasteiger partial charge in [-0.15, -0.1) is 0 Å². The quantitative estimate of drug-likeness (QED) is 0.759. The highest BCUT2D eigenvalue weighted by atomic mass is 35.5. The number of amides is 2. The molecule has 0 saturated heterocycles. The third-order valence-corrected chi connectivity index (χ3v) is 3.37. The molecule has 0 spiro atoms. The summed E-state index contributed by atoms with van der Waals surface area (Å²) in [5, 5.41) is 3.00. The number of benzene rings is 1. The summed E-state index contributed by atoms with van der Waals surface area (Å²) >= 11 is 6.08. The van der Waals surface area contributed by atoms with Gasteiger partial charge in [-0.2, -0.15) is 0 Å². The molecular weight excluding hydrogens is 290 g/mol. The van der Waals surface area contributed by atoms with Crippen LogP contribution in [0.2, 0.25) is 5.02 Å². The maximum atomic E-state index is 12.5. The van der Waals surface area contributed by atoms with E-state index >= 15 is 0 Å². The lowest BCUT2D eigenvalue weighted by atomic mass is 10.1.